The van der Waals surface area contributed by atoms with Gasteiger partial charge < -0.3 is 15.2 Å². The normalized spacial score (nSPS) is 18.0. The van der Waals surface area contributed by atoms with E-state index in [0.29, 0.717) is 23.8 Å². The first-order valence-corrected chi connectivity index (χ1v) is 8.49. The second kappa shape index (κ2) is 6.74. The molecule has 1 aliphatic carbocycles. The number of benzene rings is 1. The van der Waals surface area contributed by atoms with E-state index in [-0.39, 0.29) is 11.3 Å². The predicted molar refractivity (Wildman–Crippen MR) is 94.6 cm³/mol. The van der Waals surface area contributed by atoms with Crippen molar-refractivity contribution in [2.24, 2.45) is 16.9 Å². The SMILES string of the molecule is N/N=C(/C1CCC1)N1C=C(c2ocnc2-c2cc(F)ccc2F)C=CC1. The van der Waals surface area contributed by atoms with Crippen LogP contribution in [-0.2, 0) is 0 Å². The fourth-order valence-corrected chi connectivity index (χ4v) is 3.25. The quantitative estimate of drug-likeness (QED) is 0.392. The summed E-state index contributed by atoms with van der Waals surface area (Å²) >= 11 is 0. The van der Waals surface area contributed by atoms with Crippen LogP contribution in [0.5, 0.6) is 0 Å². The zero-order valence-electron chi connectivity index (χ0n) is 14.0. The Morgan fingerprint density at radius 1 is 1.31 bits per heavy atom. The lowest BCUT2D eigenvalue weighted by atomic mass is 9.84. The molecule has 2 aliphatic rings. The molecule has 26 heavy (non-hydrogen) atoms. The first-order chi connectivity index (χ1) is 12.7. The zero-order valence-corrected chi connectivity index (χ0v) is 14.0. The Morgan fingerprint density at radius 2 is 2.15 bits per heavy atom. The molecule has 1 aliphatic heterocycles. The lowest BCUT2D eigenvalue weighted by molar-refractivity contribution is 0.378. The van der Waals surface area contributed by atoms with E-state index in [0.717, 1.165) is 36.9 Å². The third-order valence-corrected chi connectivity index (χ3v) is 4.80. The Bertz CT molecular complexity index is 912. The summed E-state index contributed by atoms with van der Waals surface area (Å²) in [5.41, 5.74) is 1.02. The zero-order chi connectivity index (χ0) is 18.1. The van der Waals surface area contributed by atoms with Crippen LogP contribution in [0.25, 0.3) is 16.8 Å². The Balaban J connectivity index is 1.71. The van der Waals surface area contributed by atoms with Gasteiger partial charge in [-0.1, -0.05) is 18.6 Å². The lowest BCUT2D eigenvalue weighted by Crippen LogP contribution is -2.37. The van der Waals surface area contributed by atoms with Crippen molar-refractivity contribution in [3.05, 3.63) is 60.3 Å². The van der Waals surface area contributed by atoms with Gasteiger partial charge >= 0.3 is 0 Å². The highest BCUT2D eigenvalue weighted by Gasteiger charge is 2.28. The van der Waals surface area contributed by atoms with Gasteiger partial charge in [0.2, 0.25) is 0 Å². The lowest BCUT2D eigenvalue weighted by Gasteiger charge is -2.33. The van der Waals surface area contributed by atoms with Crippen LogP contribution >= 0.6 is 0 Å². The van der Waals surface area contributed by atoms with Crippen molar-refractivity contribution in [3.8, 4) is 11.3 Å². The molecule has 0 spiro atoms. The Hall–Kier alpha value is -2.96. The van der Waals surface area contributed by atoms with Crippen molar-refractivity contribution < 1.29 is 13.2 Å². The predicted octanol–water partition coefficient (Wildman–Crippen LogP) is 3.90. The maximum Gasteiger partial charge on any atom is 0.182 e. The number of aromatic nitrogens is 1. The van der Waals surface area contributed by atoms with E-state index in [1.165, 1.54) is 12.8 Å². The van der Waals surface area contributed by atoms with E-state index < -0.39 is 11.6 Å². The fraction of sp³-hybridized carbons (Fsp3) is 0.263. The van der Waals surface area contributed by atoms with Crippen LogP contribution in [0.1, 0.15) is 25.0 Å². The summed E-state index contributed by atoms with van der Waals surface area (Å²) in [7, 11) is 0. The second-order valence-corrected chi connectivity index (χ2v) is 6.41. The van der Waals surface area contributed by atoms with Crippen molar-refractivity contribution in [3.63, 3.8) is 0 Å². The molecule has 7 heteroatoms. The second-order valence-electron chi connectivity index (χ2n) is 6.41. The van der Waals surface area contributed by atoms with Crippen LogP contribution in [0.3, 0.4) is 0 Å². The number of amidine groups is 1. The number of hydrazone groups is 1. The first kappa shape index (κ1) is 16.5. The molecule has 5 nitrogen and oxygen atoms in total. The maximum atomic E-state index is 14.2. The van der Waals surface area contributed by atoms with Crippen LogP contribution in [-0.4, -0.2) is 22.3 Å². The standard InChI is InChI=1S/C19H18F2N4O/c20-14-6-7-16(21)15(9-14)17-18(26-11-23-17)13-5-2-8-25(10-13)19(24-22)12-3-1-4-12/h2,5-7,9-12H,1,3-4,8,22H2/b24-19-. The molecule has 2 N–H and O–H groups in total. The molecule has 1 aromatic carbocycles. The van der Waals surface area contributed by atoms with Crippen LogP contribution in [0.2, 0.25) is 0 Å². The van der Waals surface area contributed by atoms with E-state index >= 15 is 0 Å². The van der Waals surface area contributed by atoms with E-state index in [1.54, 1.807) is 0 Å². The average molecular weight is 356 g/mol. The Labute approximate surface area is 149 Å². The summed E-state index contributed by atoms with van der Waals surface area (Å²) in [6.45, 7) is 0.647. The fourth-order valence-electron chi connectivity index (χ4n) is 3.25. The molecule has 0 unspecified atom stereocenters. The van der Waals surface area contributed by atoms with Crippen LogP contribution < -0.4 is 5.84 Å². The molecule has 0 bridgehead atoms. The summed E-state index contributed by atoms with van der Waals surface area (Å²) in [6.07, 6.45) is 10.2. The number of rotatable bonds is 3. The van der Waals surface area contributed by atoms with Gasteiger partial charge in [-0.15, -0.1) is 0 Å². The monoisotopic (exact) mass is 356 g/mol. The highest BCUT2D eigenvalue weighted by Crippen LogP contribution is 2.34. The molecule has 134 valence electrons. The number of allylic oxidation sites excluding steroid dienone is 2. The Morgan fingerprint density at radius 3 is 2.88 bits per heavy atom. The minimum atomic E-state index is -0.558. The number of nitrogens with zero attached hydrogens (tertiary/aromatic N) is 3. The third kappa shape index (κ3) is 2.89. The summed E-state index contributed by atoms with van der Waals surface area (Å²) in [5, 5.41) is 3.96. The molecule has 2 heterocycles. The minimum Gasteiger partial charge on any atom is -0.443 e. The number of hydrogen-bond donors (Lipinski definition) is 1. The van der Waals surface area contributed by atoms with Crippen molar-refractivity contribution >= 4 is 11.4 Å². The van der Waals surface area contributed by atoms with Crippen molar-refractivity contribution in [2.75, 3.05) is 6.54 Å². The maximum absolute atomic E-state index is 14.2. The molecule has 0 amide bonds. The van der Waals surface area contributed by atoms with Crippen LogP contribution in [0.15, 0.2) is 52.5 Å². The highest BCUT2D eigenvalue weighted by molar-refractivity contribution is 5.90. The summed E-state index contributed by atoms with van der Waals surface area (Å²) in [4.78, 5) is 6.06. The average Bonchev–Trinajstić information content (AvgIpc) is 3.09. The third-order valence-electron chi connectivity index (χ3n) is 4.80. The summed E-state index contributed by atoms with van der Waals surface area (Å²) in [5.74, 6) is 6.07. The molecule has 1 saturated carbocycles. The molecular formula is C19H18F2N4O. The number of halogens is 2. The van der Waals surface area contributed by atoms with E-state index in [2.05, 4.69) is 10.1 Å². The van der Waals surface area contributed by atoms with Gasteiger partial charge in [0, 0.05) is 29.8 Å². The number of nitrogens with two attached hydrogens (primary N) is 1. The molecule has 0 atom stereocenters. The van der Waals surface area contributed by atoms with E-state index in [4.69, 9.17) is 10.3 Å². The first-order valence-electron chi connectivity index (χ1n) is 8.49. The number of hydrogen-bond acceptors (Lipinski definition) is 4. The van der Waals surface area contributed by atoms with Crippen LogP contribution in [0, 0.1) is 17.6 Å². The molecule has 0 radical (unpaired) electrons. The van der Waals surface area contributed by atoms with Gasteiger partial charge in [0.05, 0.1) is 0 Å². The molecular weight excluding hydrogens is 338 g/mol. The number of oxazole rings is 1. The minimum absolute atomic E-state index is 0.0619. The van der Waals surface area contributed by atoms with Crippen molar-refractivity contribution in [2.45, 2.75) is 19.3 Å². The van der Waals surface area contributed by atoms with Gasteiger partial charge in [-0.25, -0.2) is 13.8 Å². The van der Waals surface area contributed by atoms with Crippen molar-refractivity contribution in [1.29, 1.82) is 0 Å². The Kier molecular flexibility index (Phi) is 4.28. The van der Waals surface area contributed by atoms with Gasteiger partial charge in [0.15, 0.2) is 12.2 Å². The summed E-state index contributed by atoms with van der Waals surface area (Å²) < 4.78 is 33.2. The topological polar surface area (TPSA) is 67.7 Å². The van der Waals surface area contributed by atoms with E-state index in [9.17, 15) is 8.78 Å². The smallest absolute Gasteiger partial charge is 0.182 e. The molecule has 0 saturated heterocycles. The van der Waals surface area contributed by atoms with Gasteiger partial charge in [-0.3, -0.25) is 0 Å². The van der Waals surface area contributed by atoms with Gasteiger partial charge in [0.25, 0.3) is 0 Å². The van der Waals surface area contributed by atoms with Gasteiger partial charge in [-0.2, -0.15) is 5.10 Å². The summed E-state index contributed by atoms with van der Waals surface area (Å²) in [6, 6.07) is 3.27. The van der Waals surface area contributed by atoms with Crippen LogP contribution in [0.4, 0.5) is 8.78 Å². The van der Waals surface area contributed by atoms with E-state index in [1.807, 2.05) is 23.3 Å². The molecule has 1 fully saturated rings. The molecule has 2 aromatic rings. The molecule has 4 rings (SSSR count). The molecule has 1 aromatic heterocycles. The van der Waals surface area contributed by atoms with Crippen molar-refractivity contribution in [1.82, 2.24) is 9.88 Å². The highest BCUT2D eigenvalue weighted by atomic mass is 19.1. The van der Waals surface area contributed by atoms with Gasteiger partial charge in [0.1, 0.15) is 23.2 Å². The van der Waals surface area contributed by atoms with Gasteiger partial charge in [-0.05, 0) is 31.0 Å². The largest absolute Gasteiger partial charge is 0.443 e.